The average molecular weight is 476 g/mol. The van der Waals surface area contributed by atoms with Crippen LogP contribution >= 0.6 is 11.6 Å². The van der Waals surface area contributed by atoms with E-state index in [0.29, 0.717) is 46.4 Å². The Labute approximate surface area is 199 Å². The van der Waals surface area contributed by atoms with E-state index in [4.69, 9.17) is 25.8 Å². The minimum atomic E-state index is -0.859. The highest BCUT2D eigenvalue weighted by atomic mass is 35.5. The van der Waals surface area contributed by atoms with Gasteiger partial charge in [-0.3, -0.25) is 14.5 Å². The maximum atomic E-state index is 13.3. The summed E-state index contributed by atoms with van der Waals surface area (Å²) < 4.78 is 16.4. The van der Waals surface area contributed by atoms with Gasteiger partial charge in [0.1, 0.15) is 11.5 Å². The molecule has 3 aliphatic rings. The molecule has 0 aliphatic carbocycles. The summed E-state index contributed by atoms with van der Waals surface area (Å²) in [6.07, 6.45) is 0.711. The summed E-state index contributed by atoms with van der Waals surface area (Å²) in [6, 6.07) is 16.3. The molecule has 3 aromatic carbocycles. The highest BCUT2D eigenvalue weighted by Gasteiger charge is 2.47. The van der Waals surface area contributed by atoms with Gasteiger partial charge in [-0.2, -0.15) is 0 Å². The normalized spacial score (nSPS) is 19.9. The molecule has 1 unspecified atom stereocenters. The summed E-state index contributed by atoms with van der Waals surface area (Å²) in [4.78, 5) is 28.0. The number of Topliss-reactive ketones (excluding diaryl/α,β-unsaturated/α-hetero) is 1. The average Bonchev–Trinajstić information content (AvgIpc) is 3.57. The van der Waals surface area contributed by atoms with E-state index in [-0.39, 0.29) is 18.1 Å². The number of hydrogen-bond donors (Lipinski definition) is 1. The Morgan fingerprint density at radius 3 is 2.50 bits per heavy atom. The molecule has 1 fully saturated rings. The standard InChI is InChI=1S/C26H18ClNO6/c27-17-4-1-14(2-5-17)23-22(24(29)16-3-7-19-15(11-16)9-10-32-19)25(30)26(31)28(23)18-6-8-20-21(12-18)34-13-33-20/h1-8,11-12,23,29H,9-10,13H2/b24-22+. The second-order valence-corrected chi connectivity index (χ2v) is 8.62. The number of halogens is 1. The van der Waals surface area contributed by atoms with Gasteiger partial charge in [-0.05, 0) is 53.6 Å². The van der Waals surface area contributed by atoms with Crippen molar-refractivity contribution in [3.8, 4) is 17.2 Å². The molecular formula is C26H18ClNO6. The van der Waals surface area contributed by atoms with E-state index in [1.165, 1.54) is 4.90 Å². The van der Waals surface area contributed by atoms with Gasteiger partial charge >= 0.3 is 0 Å². The lowest BCUT2D eigenvalue weighted by atomic mass is 9.94. The lowest BCUT2D eigenvalue weighted by molar-refractivity contribution is -0.132. The van der Waals surface area contributed by atoms with Gasteiger partial charge in [-0.1, -0.05) is 23.7 Å². The number of carbonyl (C=O) groups is 2. The Kier molecular flexibility index (Phi) is 4.74. The monoisotopic (exact) mass is 475 g/mol. The second kappa shape index (κ2) is 7.81. The Hall–Kier alpha value is -3.97. The van der Waals surface area contributed by atoms with Gasteiger partial charge in [0.2, 0.25) is 6.79 Å². The number of hydrogen-bond acceptors (Lipinski definition) is 6. The molecule has 1 N–H and O–H groups in total. The van der Waals surface area contributed by atoms with Crippen molar-refractivity contribution in [1.82, 2.24) is 0 Å². The summed E-state index contributed by atoms with van der Waals surface area (Å²) in [5.74, 6) is 0.0381. The third-order valence-corrected chi connectivity index (χ3v) is 6.48. The highest BCUT2D eigenvalue weighted by molar-refractivity contribution is 6.51. The lowest BCUT2D eigenvalue weighted by Crippen LogP contribution is -2.29. The van der Waals surface area contributed by atoms with Crippen LogP contribution in [0, 0.1) is 0 Å². The van der Waals surface area contributed by atoms with E-state index < -0.39 is 17.7 Å². The third kappa shape index (κ3) is 3.20. The summed E-state index contributed by atoms with van der Waals surface area (Å²) in [6.45, 7) is 0.652. The van der Waals surface area contributed by atoms with Crippen molar-refractivity contribution in [3.63, 3.8) is 0 Å². The molecule has 3 heterocycles. The highest BCUT2D eigenvalue weighted by Crippen LogP contribution is 2.45. The summed E-state index contributed by atoms with van der Waals surface area (Å²) in [5, 5.41) is 11.8. The fourth-order valence-corrected chi connectivity index (χ4v) is 4.71. The number of anilines is 1. The zero-order valence-electron chi connectivity index (χ0n) is 17.8. The van der Waals surface area contributed by atoms with Gasteiger partial charge in [-0.15, -0.1) is 0 Å². The molecule has 0 bridgehead atoms. The van der Waals surface area contributed by atoms with Crippen LogP contribution in [0.3, 0.4) is 0 Å². The Bertz CT molecular complexity index is 1380. The molecule has 7 nitrogen and oxygen atoms in total. The predicted molar refractivity (Wildman–Crippen MR) is 124 cm³/mol. The van der Waals surface area contributed by atoms with E-state index in [2.05, 4.69) is 0 Å². The maximum Gasteiger partial charge on any atom is 0.300 e. The van der Waals surface area contributed by atoms with Crippen LogP contribution in [0.2, 0.25) is 5.02 Å². The number of aliphatic hydroxyl groups is 1. The van der Waals surface area contributed by atoms with E-state index in [1.54, 1.807) is 60.7 Å². The number of benzene rings is 3. The Morgan fingerprint density at radius 1 is 0.912 bits per heavy atom. The molecule has 170 valence electrons. The number of nitrogens with zero attached hydrogens (tertiary/aromatic N) is 1. The van der Waals surface area contributed by atoms with E-state index in [0.717, 1.165) is 11.3 Å². The van der Waals surface area contributed by atoms with Crippen LogP contribution in [0.1, 0.15) is 22.7 Å². The first kappa shape index (κ1) is 20.6. The van der Waals surface area contributed by atoms with Gasteiger partial charge in [-0.25, -0.2) is 0 Å². The van der Waals surface area contributed by atoms with Gasteiger partial charge in [0.15, 0.2) is 11.5 Å². The molecule has 6 rings (SSSR count). The third-order valence-electron chi connectivity index (χ3n) is 6.23. The van der Waals surface area contributed by atoms with Crippen LogP contribution in [-0.2, 0) is 16.0 Å². The Balaban J connectivity index is 1.53. The zero-order chi connectivity index (χ0) is 23.4. The first-order chi connectivity index (χ1) is 16.5. The van der Waals surface area contributed by atoms with Crippen LogP contribution in [0.4, 0.5) is 5.69 Å². The lowest BCUT2D eigenvalue weighted by Gasteiger charge is -2.25. The topological polar surface area (TPSA) is 85.3 Å². The molecule has 3 aliphatic heterocycles. The van der Waals surface area contributed by atoms with Crippen molar-refractivity contribution in [2.24, 2.45) is 0 Å². The molecule has 0 saturated carbocycles. The van der Waals surface area contributed by atoms with Gasteiger partial charge in [0.25, 0.3) is 11.7 Å². The molecule has 3 aromatic rings. The Morgan fingerprint density at radius 2 is 1.68 bits per heavy atom. The molecule has 1 atom stereocenters. The minimum Gasteiger partial charge on any atom is -0.507 e. The fourth-order valence-electron chi connectivity index (χ4n) is 4.58. The van der Waals surface area contributed by atoms with Crippen LogP contribution in [0.25, 0.3) is 5.76 Å². The van der Waals surface area contributed by atoms with Gasteiger partial charge in [0, 0.05) is 28.8 Å². The summed E-state index contributed by atoms with van der Waals surface area (Å²) >= 11 is 6.09. The van der Waals surface area contributed by atoms with Crippen molar-refractivity contribution in [2.75, 3.05) is 18.3 Å². The molecule has 8 heteroatoms. The number of ether oxygens (including phenoxy) is 3. The molecule has 34 heavy (non-hydrogen) atoms. The SMILES string of the molecule is O=C1C(=O)N(c2ccc3c(c2)OCO3)C(c2ccc(Cl)cc2)/C1=C(\O)c1ccc2c(c1)CCO2. The van der Waals surface area contributed by atoms with Crippen LogP contribution in [0.15, 0.2) is 66.2 Å². The van der Waals surface area contributed by atoms with E-state index in [1.807, 2.05) is 0 Å². The molecule has 0 aromatic heterocycles. The van der Waals surface area contributed by atoms with E-state index >= 15 is 0 Å². The van der Waals surface area contributed by atoms with E-state index in [9.17, 15) is 14.7 Å². The van der Waals surface area contributed by atoms with Crippen LogP contribution < -0.4 is 19.1 Å². The number of rotatable bonds is 3. The molecule has 0 spiro atoms. The number of aliphatic hydroxyl groups excluding tert-OH is 1. The number of carbonyl (C=O) groups excluding carboxylic acids is 2. The smallest absolute Gasteiger partial charge is 0.300 e. The second-order valence-electron chi connectivity index (χ2n) is 8.18. The quantitative estimate of drug-likeness (QED) is 0.338. The molecule has 0 radical (unpaired) electrons. The maximum absolute atomic E-state index is 13.3. The van der Waals surface area contributed by atoms with Crippen molar-refractivity contribution in [3.05, 3.63) is 87.9 Å². The van der Waals surface area contributed by atoms with Crippen molar-refractivity contribution < 1.29 is 28.9 Å². The summed E-state index contributed by atoms with van der Waals surface area (Å²) in [5.41, 5.74) is 2.48. The number of fused-ring (bicyclic) bond motifs is 2. The van der Waals surface area contributed by atoms with Crippen molar-refractivity contribution in [2.45, 2.75) is 12.5 Å². The number of ketones is 1. The largest absolute Gasteiger partial charge is 0.507 e. The number of amides is 1. The van der Waals surface area contributed by atoms with Crippen molar-refractivity contribution in [1.29, 1.82) is 0 Å². The van der Waals surface area contributed by atoms with Crippen molar-refractivity contribution >= 4 is 34.7 Å². The first-order valence-corrected chi connectivity index (χ1v) is 11.1. The summed E-state index contributed by atoms with van der Waals surface area (Å²) in [7, 11) is 0. The molecule has 1 amide bonds. The van der Waals surface area contributed by atoms with Gasteiger partial charge < -0.3 is 19.3 Å². The van der Waals surface area contributed by atoms with Crippen LogP contribution in [0.5, 0.6) is 17.2 Å². The predicted octanol–water partition coefficient (Wildman–Crippen LogP) is 4.63. The first-order valence-electron chi connectivity index (χ1n) is 10.7. The molecular weight excluding hydrogens is 458 g/mol. The van der Waals surface area contributed by atoms with Gasteiger partial charge in [0.05, 0.1) is 18.2 Å². The minimum absolute atomic E-state index is 0.00357. The zero-order valence-corrected chi connectivity index (χ0v) is 18.5. The van der Waals surface area contributed by atoms with Crippen LogP contribution in [-0.4, -0.2) is 30.2 Å². The molecule has 1 saturated heterocycles. The fraction of sp³-hybridized carbons (Fsp3) is 0.154.